The first kappa shape index (κ1) is 23.9. The summed E-state index contributed by atoms with van der Waals surface area (Å²) in [7, 11) is -3.37. The summed E-state index contributed by atoms with van der Waals surface area (Å²) in [6.07, 6.45) is 1.75. The van der Waals surface area contributed by atoms with Gasteiger partial charge in [-0.1, -0.05) is 35.9 Å². The summed E-state index contributed by atoms with van der Waals surface area (Å²) in [4.78, 5) is 2.46. The van der Waals surface area contributed by atoms with Crippen LogP contribution in [0.3, 0.4) is 0 Å². The number of hydrogen-bond donors (Lipinski definition) is 0. The molecule has 3 nitrogen and oxygen atoms in total. The van der Waals surface area contributed by atoms with Gasteiger partial charge in [-0.05, 0) is 91.5 Å². The fraction of sp³-hybridized carbons (Fsp3) is 0.308. The van der Waals surface area contributed by atoms with Gasteiger partial charge < -0.3 is 4.90 Å². The summed E-state index contributed by atoms with van der Waals surface area (Å²) in [5, 5.41) is 0.507. The van der Waals surface area contributed by atoms with Gasteiger partial charge in [-0.15, -0.1) is 0 Å². The smallest absolute Gasteiger partial charge is 0.179 e. The number of benzene rings is 3. The molecule has 0 N–H and O–H groups in total. The van der Waals surface area contributed by atoms with Gasteiger partial charge in [-0.25, -0.2) is 17.2 Å². The molecule has 7 heteroatoms. The van der Waals surface area contributed by atoms with Crippen LogP contribution in [0.1, 0.15) is 29.9 Å². The van der Waals surface area contributed by atoms with Crippen LogP contribution in [-0.4, -0.2) is 38.7 Å². The molecule has 0 atom stereocenters. The minimum Gasteiger partial charge on any atom is -0.302 e. The third-order valence-electron chi connectivity index (χ3n) is 6.41. The Morgan fingerprint density at radius 3 is 1.79 bits per heavy atom. The van der Waals surface area contributed by atoms with Gasteiger partial charge >= 0.3 is 0 Å². The molecule has 3 aromatic carbocycles. The molecule has 1 aliphatic rings. The summed E-state index contributed by atoms with van der Waals surface area (Å²) in [5.74, 6) is -0.184. The molecule has 0 aliphatic carbocycles. The van der Waals surface area contributed by atoms with Crippen molar-refractivity contribution in [1.29, 1.82) is 0 Å². The lowest BCUT2D eigenvalue weighted by molar-refractivity contribution is 0.183. The molecule has 1 fully saturated rings. The zero-order chi connectivity index (χ0) is 23.4. The topological polar surface area (TPSA) is 37.4 Å². The lowest BCUT2D eigenvalue weighted by Gasteiger charge is -2.36. The van der Waals surface area contributed by atoms with Crippen LogP contribution >= 0.6 is 11.6 Å². The quantitative estimate of drug-likeness (QED) is 0.412. The standard InChI is InChI=1S/C26H26ClF2NO2S/c27-22-5-11-25(12-6-22)33(31,32)18-17-30-15-13-21(14-16-30)26(19-1-7-23(28)8-2-19)20-3-9-24(29)10-4-20/h1-12,21,26H,13-18H2. The summed E-state index contributed by atoms with van der Waals surface area (Å²) in [5.41, 5.74) is 2.01. The van der Waals surface area contributed by atoms with Crippen LogP contribution in [-0.2, 0) is 9.84 Å². The summed E-state index contributed by atoms with van der Waals surface area (Å²) in [6.45, 7) is 2.02. The zero-order valence-corrected chi connectivity index (χ0v) is 19.7. The first-order chi connectivity index (χ1) is 15.8. The van der Waals surface area contributed by atoms with Crippen molar-refractivity contribution in [2.75, 3.05) is 25.4 Å². The summed E-state index contributed by atoms with van der Waals surface area (Å²) >= 11 is 5.86. The molecular formula is C26H26ClF2NO2S. The zero-order valence-electron chi connectivity index (χ0n) is 18.1. The van der Waals surface area contributed by atoms with Crippen LogP contribution in [0, 0.1) is 17.6 Å². The van der Waals surface area contributed by atoms with Crippen molar-refractivity contribution in [3.63, 3.8) is 0 Å². The van der Waals surface area contributed by atoms with Crippen LogP contribution in [0.15, 0.2) is 77.7 Å². The highest BCUT2D eigenvalue weighted by atomic mass is 35.5. The molecule has 0 amide bonds. The highest BCUT2D eigenvalue weighted by Gasteiger charge is 2.29. The molecule has 3 aromatic rings. The van der Waals surface area contributed by atoms with Crippen molar-refractivity contribution in [3.05, 3.63) is 101 Å². The van der Waals surface area contributed by atoms with Gasteiger partial charge in [0.25, 0.3) is 0 Å². The molecule has 1 heterocycles. The second-order valence-corrected chi connectivity index (χ2v) is 11.1. The lowest BCUT2D eigenvalue weighted by Crippen LogP contribution is -2.38. The van der Waals surface area contributed by atoms with E-state index in [2.05, 4.69) is 4.90 Å². The van der Waals surface area contributed by atoms with Gasteiger partial charge in [-0.2, -0.15) is 0 Å². The highest BCUT2D eigenvalue weighted by Crippen LogP contribution is 2.38. The van der Waals surface area contributed by atoms with E-state index in [1.807, 2.05) is 0 Å². The maximum absolute atomic E-state index is 13.5. The van der Waals surface area contributed by atoms with Gasteiger partial charge in [0.2, 0.25) is 0 Å². The van der Waals surface area contributed by atoms with Gasteiger partial charge in [0.05, 0.1) is 10.6 Å². The Labute approximate surface area is 198 Å². The van der Waals surface area contributed by atoms with E-state index in [0.29, 0.717) is 17.5 Å². The van der Waals surface area contributed by atoms with E-state index in [0.717, 1.165) is 37.1 Å². The normalized spacial score (nSPS) is 15.8. The third kappa shape index (κ3) is 5.99. The average molecular weight is 490 g/mol. The molecule has 1 saturated heterocycles. The maximum Gasteiger partial charge on any atom is 0.179 e. The van der Waals surface area contributed by atoms with E-state index < -0.39 is 9.84 Å². The van der Waals surface area contributed by atoms with Crippen molar-refractivity contribution in [2.45, 2.75) is 23.7 Å². The second kappa shape index (κ2) is 10.3. The number of nitrogens with zero attached hydrogens (tertiary/aromatic N) is 1. The van der Waals surface area contributed by atoms with E-state index >= 15 is 0 Å². The molecule has 0 bridgehead atoms. The van der Waals surface area contributed by atoms with Crippen LogP contribution in [0.5, 0.6) is 0 Å². The minimum absolute atomic E-state index is 0.0335. The largest absolute Gasteiger partial charge is 0.302 e. The van der Waals surface area contributed by atoms with E-state index in [1.165, 1.54) is 24.3 Å². The maximum atomic E-state index is 13.5. The average Bonchev–Trinajstić information content (AvgIpc) is 2.81. The van der Waals surface area contributed by atoms with Crippen LogP contribution < -0.4 is 0 Å². The first-order valence-corrected chi connectivity index (χ1v) is 13.1. The Kier molecular flexibility index (Phi) is 7.47. The van der Waals surface area contributed by atoms with E-state index in [9.17, 15) is 17.2 Å². The number of piperidine rings is 1. The molecule has 174 valence electrons. The van der Waals surface area contributed by atoms with E-state index in [4.69, 9.17) is 11.6 Å². The molecule has 0 spiro atoms. The molecular weight excluding hydrogens is 464 g/mol. The predicted molar refractivity (Wildman–Crippen MR) is 127 cm³/mol. The van der Waals surface area contributed by atoms with Gasteiger partial charge in [0, 0.05) is 17.5 Å². The Morgan fingerprint density at radius 1 is 0.818 bits per heavy atom. The summed E-state index contributed by atoms with van der Waals surface area (Å²) < 4.78 is 52.3. The molecule has 0 unspecified atom stereocenters. The Bertz CT molecular complexity index is 1110. The molecule has 0 aromatic heterocycles. The monoisotopic (exact) mass is 489 g/mol. The summed E-state index contributed by atoms with van der Waals surface area (Å²) in [6, 6.07) is 19.3. The van der Waals surface area contributed by atoms with Crippen molar-refractivity contribution in [2.24, 2.45) is 5.92 Å². The number of rotatable bonds is 7. The van der Waals surface area contributed by atoms with E-state index in [-0.39, 0.29) is 28.2 Å². The first-order valence-electron chi connectivity index (χ1n) is 11.0. The van der Waals surface area contributed by atoms with Crippen LogP contribution in [0.4, 0.5) is 8.78 Å². The van der Waals surface area contributed by atoms with Gasteiger partial charge in [-0.3, -0.25) is 0 Å². The Morgan fingerprint density at radius 2 is 1.30 bits per heavy atom. The molecule has 0 radical (unpaired) electrons. The molecule has 0 saturated carbocycles. The fourth-order valence-electron chi connectivity index (χ4n) is 4.60. The number of likely N-dealkylation sites (tertiary alicyclic amines) is 1. The van der Waals surface area contributed by atoms with Crippen LogP contribution in [0.25, 0.3) is 0 Å². The van der Waals surface area contributed by atoms with Crippen molar-refractivity contribution < 1.29 is 17.2 Å². The molecule has 33 heavy (non-hydrogen) atoms. The fourth-order valence-corrected chi connectivity index (χ4v) is 6.01. The highest BCUT2D eigenvalue weighted by molar-refractivity contribution is 7.91. The van der Waals surface area contributed by atoms with Gasteiger partial charge in [0.15, 0.2) is 9.84 Å². The van der Waals surface area contributed by atoms with Crippen molar-refractivity contribution in [1.82, 2.24) is 4.90 Å². The Balaban J connectivity index is 1.42. The van der Waals surface area contributed by atoms with E-state index in [1.54, 1.807) is 48.5 Å². The minimum atomic E-state index is -3.37. The third-order valence-corrected chi connectivity index (χ3v) is 8.37. The SMILES string of the molecule is O=S(=O)(CCN1CCC(C(c2ccc(F)cc2)c2ccc(F)cc2)CC1)c1ccc(Cl)cc1. The van der Waals surface area contributed by atoms with Gasteiger partial charge in [0.1, 0.15) is 11.6 Å². The number of sulfone groups is 1. The number of halogens is 3. The van der Waals surface area contributed by atoms with Crippen molar-refractivity contribution >= 4 is 21.4 Å². The Hall–Kier alpha value is -2.28. The molecule has 4 rings (SSSR count). The second-order valence-electron chi connectivity index (χ2n) is 8.53. The number of hydrogen-bond acceptors (Lipinski definition) is 3. The lowest BCUT2D eigenvalue weighted by atomic mass is 9.76. The van der Waals surface area contributed by atoms with Crippen LogP contribution in [0.2, 0.25) is 5.02 Å². The van der Waals surface area contributed by atoms with Crippen molar-refractivity contribution in [3.8, 4) is 0 Å². The molecule has 1 aliphatic heterocycles. The predicted octanol–water partition coefficient (Wildman–Crippen LogP) is 5.94.